The monoisotopic (exact) mass is 254 g/mol. The van der Waals surface area contributed by atoms with Gasteiger partial charge in [-0.05, 0) is 49.5 Å². The minimum atomic E-state index is 0.236. The Morgan fingerprint density at radius 2 is 2.12 bits per heavy atom. The minimum absolute atomic E-state index is 0.236. The molecule has 1 unspecified atom stereocenters. The van der Waals surface area contributed by atoms with Crippen molar-refractivity contribution in [1.82, 2.24) is 0 Å². The molecule has 0 saturated heterocycles. The van der Waals surface area contributed by atoms with Gasteiger partial charge in [0.1, 0.15) is 5.75 Å². The highest BCUT2D eigenvalue weighted by molar-refractivity contribution is 7.93. The molecule has 1 rings (SSSR count). The first kappa shape index (κ1) is 14.4. The molecule has 0 aliphatic carbocycles. The summed E-state index contributed by atoms with van der Waals surface area (Å²) >= 11 is 1.41. The molecular formula is C14H22O2S. The Kier molecular flexibility index (Phi) is 6.45. The van der Waals surface area contributed by atoms with Crippen molar-refractivity contribution >= 4 is 12.0 Å². The van der Waals surface area contributed by atoms with Crippen molar-refractivity contribution < 1.29 is 8.92 Å². The van der Waals surface area contributed by atoms with E-state index in [0.29, 0.717) is 6.61 Å². The SMILES string of the molecule is CCc1ccc(OCCC(C)OSC)c(C)c1. The highest BCUT2D eigenvalue weighted by Gasteiger charge is 2.04. The van der Waals surface area contributed by atoms with Crippen LogP contribution in [-0.2, 0) is 10.6 Å². The maximum absolute atomic E-state index is 5.76. The molecule has 2 nitrogen and oxygen atoms in total. The molecule has 0 amide bonds. The van der Waals surface area contributed by atoms with E-state index in [1.807, 2.05) is 6.26 Å². The highest BCUT2D eigenvalue weighted by atomic mass is 32.2. The Balaban J connectivity index is 2.41. The molecule has 96 valence electrons. The first-order valence-corrected chi connectivity index (χ1v) is 7.24. The standard InChI is InChI=1S/C14H22O2S/c1-5-13-6-7-14(11(2)10-13)15-9-8-12(3)16-17-4/h6-7,10,12H,5,8-9H2,1-4H3. The zero-order valence-electron chi connectivity index (χ0n) is 11.2. The van der Waals surface area contributed by atoms with Gasteiger partial charge in [0.2, 0.25) is 0 Å². The van der Waals surface area contributed by atoms with Crippen LogP contribution in [-0.4, -0.2) is 19.0 Å². The van der Waals surface area contributed by atoms with Crippen LogP contribution in [0.2, 0.25) is 0 Å². The Morgan fingerprint density at radius 1 is 1.35 bits per heavy atom. The van der Waals surface area contributed by atoms with E-state index in [0.717, 1.165) is 18.6 Å². The fourth-order valence-corrected chi connectivity index (χ4v) is 2.07. The normalized spacial score (nSPS) is 12.5. The third-order valence-corrected chi connectivity index (χ3v) is 3.21. The fourth-order valence-electron chi connectivity index (χ4n) is 1.64. The van der Waals surface area contributed by atoms with E-state index in [1.54, 1.807) is 0 Å². The van der Waals surface area contributed by atoms with Gasteiger partial charge in [0, 0.05) is 12.7 Å². The van der Waals surface area contributed by atoms with Crippen molar-refractivity contribution in [2.75, 3.05) is 12.9 Å². The van der Waals surface area contributed by atoms with Crippen LogP contribution in [0.4, 0.5) is 0 Å². The van der Waals surface area contributed by atoms with E-state index in [1.165, 1.54) is 23.2 Å². The van der Waals surface area contributed by atoms with Gasteiger partial charge >= 0.3 is 0 Å². The van der Waals surface area contributed by atoms with Gasteiger partial charge in [0.15, 0.2) is 0 Å². The first-order chi connectivity index (χ1) is 8.17. The van der Waals surface area contributed by atoms with Gasteiger partial charge in [0.05, 0.1) is 12.7 Å². The highest BCUT2D eigenvalue weighted by Crippen LogP contribution is 2.20. The van der Waals surface area contributed by atoms with Crippen LogP contribution in [0.3, 0.4) is 0 Å². The fraction of sp³-hybridized carbons (Fsp3) is 0.571. The lowest BCUT2D eigenvalue weighted by Crippen LogP contribution is -2.10. The quantitative estimate of drug-likeness (QED) is 0.685. The zero-order chi connectivity index (χ0) is 12.7. The van der Waals surface area contributed by atoms with Crippen molar-refractivity contribution in [2.24, 2.45) is 0 Å². The molecule has 17 heavy (non-hydrogen) atoms. The molecule has 0 aliphatic heterocycles. The molecule has 0 spiro atoms. The van der Waals surface area contributed by atoms with Gasteiger partial charge in [0.25, 0.3) is 0 Å². The van der Waals surface area contributed by atoms with E-state index in [9.17, 15) is 0 Å². The minimum Gasteiger partial charge on any atom is -0.493 e. The Hall–Kier alpha value is -0.670. The van der Waals surface area contributed by atoms with Crippen LogP contribution < -0.4 is 4.74 Å². The van der Waals surface area contributed by atoms with Crippen LogP contribution in [0.5, 0.6) is 5.75 Å². The van der Waals surface area contributed by atoms with Crippen molar-refractivity contribution in [3.05, 3.63) is 29.3 Å². The number of rotatable bonds is 7. The summed E-state index contributed by atoms with van der Waals surface area (Å²) in [6.45, 7) is 7.02. The van der Waals surface area contributed by atoms with Crippen LogP contribution in [0.15, 0.2) is 18.2 Å². The van der Waals surface area contributed by atoms with Crippen LogP contribution >= 0.6 is 12.0 Å². The number of hydrogen-bond donors (Lipinski definition) is 0. The molecule has 1 atom stereocenters. The summed E-state index contributed by atoms with van der Waals surface area (Å²) in [5.41, 5.74) is 2.57. The average molecular weight is 254 g/mol. The van der Waals surface area contributed by atoms with Gasteiger partial charge in [-0.1, -0.05) is 19.1 Å². The van der Waals surface area contributed by atoms with Gasteiger partial charge < -0.3 is 8.92 Å². The predicted molar refractivity (Wildman–Crippen MR) is 74.7 cm³/mol. The summed E-state index contributed by atoms with van der Waals surface area (Å²) in [4.78, 5) is 0. The maximum atomic E-state index is 5.76. The Morgan fingerprint density at radius 3 is 2.71 bits per heavy atom. The molecule has 0 saturated carbocycles. The van der Waals surface area contributed by atoms with Crippen LogP contribution in [0.25, 0.3) is 0 Å². The molecule has 0 aromatic heterocycles. The van der Waals surface area contributed by atoms with Gasteiger partial charge in [-0.2, -0.15) is 0 Å². The van der Waals surface area contributed by atoms with Crippen molar-refractivity contribution in [1.29, 1.82) is 0 Å². The molecule has 0 bridgehead atoms. The van der Waals surface area contributed by atoms with Crippen molar-refractivity contribution in [3.8, 4) is 5.75 Å². The smallest absolute Gasteiger partial charge is 0.122 e. The van der Waals surface area contributed by atoms with Crippen molar-refractivity contribution in [2.45, 2.75) is 39.7 Å². The molecule has 0 N–H and O–H groups in total. The maximum Gasteiger partial charge on any atom is 0.122 e. The summed E-state index contributed by atoms with van der Waals surface area (Å²) < 4.78 is 11.1. The lowest BCUT2D eigenvalue weighted by Gasteiger charge is -2.13. The van der Waals surface area contributed by atoms with E-state index >= 15 is 0 Å². The Labute approximate surface area is 109 Å². The molecule has 0 aliphatic rings. The molecule has 0 fully saturated rings. The second-order valence-electron chi connectivity index (χ2n) is 4.16. The number of benzene rings is 1. The third kappa shape index (κ3) is 5.00. The number of hydrogen-bond acceptors (Lipinski definition) is 3. The molecule has 1 aromatic rings. The zero-order valence-corrected chi connectivity index (χ0v) is 12.0. The van der Waals surface area contributed by atoms with Crippen molar-refractivity contribution in [3.63, 3.8) is 0 Å². The second kappa shape index (κ2) is 7.62. The lowest BCUT2D eigenvalue weighted by atomic mass is 10.1. The largest absolute Gasteiger partial charge is 0.493 e. The lowest BCUT2D eigenvalue weighted by molar-refractivity contribution is 0.203. The molecule has 0 radical (unpaired) electrons. The summed E-state index contributed by atoms with van der Waals surface area (Å²) in [5, 5.41) is 0. The summed E-state index contributed by atoms with van der Waals surface area (Å²) in [6.07, 6.45) is 4.15. The van der Waals surface area contributed by atoms with Crippen LogP contribution in [0, 0.1) is 6.92 Å². The number of ether oxygens (including phenoxy) is 1. The van der Waals surface area contributed by atoms with Gasteiger partial charge in [-0.15, -0.1) is 0 Å². The average Bonchev–Trinajstić information content (AvgIpc) is 2.31. The summed E-state index contributed by atoms with van der Waals surface area (Å²) in [6, 6.07) is 6.38. The van der Waals surface area contributed by atoms with Gasteiger partial charge in [-0.25, -0.2) is 0 Å². The van der Waals surface area contributed by atoms with Gasteiger partial charge in [-0.3, -0.25) is 0 Å². The molecule has 3 heteroatoms. The van der Waals surface area contributed by atoms with Crippen LogP contribution in [0.1, 0.15) is 31.4 Å². The summed E-state index contributed by atoms with van der Waals surface area (Å²) in [5.74, 6) is 0.985. The Bertz CT molecular complexity index is 339. The van der Waals surface area contributed by atoms with E-state index in [4.69, 9.17) is 8.92 Å². The number of aryl methyl sites for hydroxylation is 2. The summed E-state index contributed by atoms with van der Waals surface area (Å²) in [7, 11) is 0. The molecule has 0 heterocycles. The molecule has 1 aromatic carbocycles. The van der Waals surface area contributed by atoms with E-state index in [-0.39, 0.29) is 6.10 Å². The first-order valence-electron chi connectivity index (χ1n) is 6.09. The topological polar surface area (TPSA) is 18.5 Å². The second-order valence-corrected chi connectivity index (χ2v) is 4.69. The molecular weight excluding hydrogens is 232 g/mol. The predicted octanol–water partition coefficient (Wildman–Crippen LogP) is 4.01. The van der Waals surface area contributed by atoms with E-state index in [2.05, 4.69) is 39.0 Å². The van der Waals surface area contributed by atoms with E-state index < -0.39 is 0 Å². The third-order valence-electron chi connectivity index (χ3n) is 2.69.